The van der Waals surface area contributed by atoms with Crippen LogP contribution in [0.4, 0.5) is 0 Å². The fraction of sp³-hybridized carbons (Fsp3) is 0.805. The third kappa shape index (κ3) is 12.4. The molecule has 6 rings (SSSR count). The summed E-state index contributed by atoms with van der Waals surface area (Å²) < 4.78 is 63.2. The fourth-order valence-corrected chi connectivity index (χ4v) is 8.60. The molecule has 5 heterocycles. The van der Waals surface area contributed by atoms with Crippen molar-refractivity contribution in [2.24, 2.45) is 0 Å². The highest BCUT2D eigenvalue weighted by Gasteiger charge is 2.57. The van der Waals surface area contributed by atoms with Crippen molar-refractivity contribution >= 4 is 11.8 Å². The molecule has 70 heavy (non-hydrogen) atoms. The summed E-state index contributed by atoms with van der Waals surface area (Å²) in [5, 5.41) is 155. The number of aliphatic hydroxyl groups is 14. The van der Waals surface area contributed by atoms with E-state index in [2.05, 4.69) is 10.6 Å². The summed E-state index contributed by atoms with van der Waals surface area (Å²) in [4.78, 5) is 25.0. The molecule has 2 amide bonds. The Morgan fingerprint density at radius 3 is 1.36 bits per heavy atom. The van der Waals surface area contributed by atoms with Crippen LogP contribution in [-0.2, 0) is 52.2 Å². The predicted molar refractivity (Wildman–Crippen MR) is 221 cm³/mol. The fourth-order valence-electron chi connectivity index (χ4n) is 8.60. The van der Waals surface area contributed by atoms with E-state index in [4.69, 9.17) is 52.1 Å². The number of carbonyl (C=O) groups is 2. The van der Waals surface area contributed by atoms with E-state index in [1.807, 2.05) is 0 Å². The minimum atomic E-state index is -2.19. The normalized spacial score (nSPS) is 44.6. The third-order valence-electron chi connectivity index (χ3n) is 12.4. The van der Waals surface area contributed by atoms with E-state index >= 15 is 0 Å². The maximum absolute atomic E-state index is 12.7. The molecular formula is C41H64N2O27. The molecule has 0 bridgehead atoms. The number of carbonyl (C=O) groups excluding carboxylic acids is 2. The Balaban J connectivity index is 1.25. The van der Waals surface area contributed by atoms with E-state index in [9.17, 15) is 81.1 Å². The summed E-state index contributed by atoms with van der Waals surface area (Å²) in [6, 6.07) is 3.10. The van der Waals surface area contributed by atoms with Gasteiger partial charge >= 0.3 is 0 Å². The van der Waals surface area contributed by atoms with Crippen molar-refractivity contribution in [2.75, 3.05) is 40.1 Å². The number of benzene rings is 1. The van der Waals surface area contributed by atoms with Gasteiger partial charge in [-0.05, 0) is 24.3 Å². The van der Waals surface area contributed by atoms with E-state index in [1.54, 1.807) is 12.1 Å². The molecule has 5 aliphatic rings. The quantitative estimate of drug-likeness (QED) is 0.0649. The largest absolute Gasteiger partial charge is 0.497 e. The van der Waals surface area contributed by atoms with Gasteiger partial charge in [0.05, 0.1) is 40.1 Å². The molecule has 5 aliphatic heterocycles. The van der Waals surface area contributed by atoms with Crippen LogP contribution in [0.15, 0.2) is 24.3 Å². The van der Waals surface area contributed by atoms with Crippen molar-refractivity contribution in [3.05, 3.63) is 24.3 Å². The van der Waals surface area contributed by atoms with Gasteiger partial charge < -0.3 is 134 Å². The van der Waals surface area contributed by atoms with E-state index in [0.717, 1.165) is 13.8 Å². The van der Waals surface area contributed by atoms with E-state index < -0.39 is 198 Å². The molecule has 0 spiro atoms. The van der Waals surface area contributed by atoms with Crippen molar-refractivity contribution in [3.8, 4) is 11.5 Å². The number of rotatable bonds is 18. The van der Waals surface area contributed by atoms with Crippen LogP contribution in [0.2, 0.25) is 0 Å². The summed E-state index contributed by atoms with van der Waals surface area (Å²) in [7, 11) is 1.45. The van der Waals surface area contributed by atoms with Gasteiger partial charge in [0, 0.05) is 13.8 Å². The molecule has 5 fully saturated rings. The van der Waals surface area contributed by atoms with Crippen LogP contribution in [0.5, 0.6) is 11.5 Å². The molecule has 25 atom stereocenters. The van der Waals surface area contributed by atoms with Crippen molar-refractivity contribution < 1.29 is 133 Å². The molecule has 0 saturated carbocycles. The van der Waals surface area contributed by atoms with E-state index in [1.165, 1.54) is 19.2 Å². The second kappa shape index (κ2) is 24.7. The SMILES string of the molecule is COc1ccc(O[C@@H]2O[C@H](CO)[C@@H](O[C@@H]3O[C@H](CO)[C@@H](O[C@@H]4O[C@H](CO[C@H]5O[C@H](CO)[C@@H](O)[C@H](O)[C@@H]5O)[C@@H](O)[C@H](O[C@H]5O[C@H](CO)[C@@H](O)[C@H](O)[C@@H]5O)[C@@H]4O)[C@H](O)[C@H]3NC(C)=O)[C@H](O)[C@H]2NC(C)=O)cc1. The molecule has 0 aromatic heterocycles. The second-order valence-electron chi connectivity index (χ2n) is 17.2. The monoisotopic (exact) mass is 1020 g/mol. The van der Waals surface area contributed by atoms with Crippen LogP contribution < -0.4 is 20.1 Å². The lowest BCUT2D eigenvalue weighted by atomic mass is 9.94. The smallest absolute Gasteiger partial charge is 0.223 e. The first kappa shape index (κ1) is 56.1. The highest BCUT2D eigenvalue weighted by molar-refractivity contribution is 5.73. The minimum Gasteiger partial charge on any atom is -0.497 e. The number of amides is 2. The average Bonchev–Trinajstić information content (AvgIpc) is 3.34. The highest BCUT2D eigenvalue weighted by Crippen LogP contribution is 2.36. The Morgan fingerprint density at radius 2 is 0.857 bits per heavy atom. The molecule has 16 N–H and O–H groups in total. The summed E-state index contributed by atoms with van der Waals surface area (Å²) in [6.07, 6.45) is -41.9. The number of nitrogens with one attached hydrogen (secondary N) is 2. The first-order valence-electron chi connectivity index (χ1n) is 22.2. The van der Waals surface area contributed by atoms with Crippen LogP contribution in [-0.4, -0.2) is 277 Å². The second-order valence-corrected chi connectivity index (χ2v) is 17.2. The third-order valence-corrected chi connectivity index (χ3v) is 12.4. The van der Waals surface area contributed by atoms with E-state index in [-0.39, 0.29) is 5.75 Å². The zero-order chi connectivity index (χ0) is 51.3. The average molecular weight is 1020 g/mol. The summed E-state index contributed by atoms with van der Waals surface area (Å²) in [5.41, 5.74) is 0. The number of methoxy groups -OCH3 is 1. The Hall–Kier alpha value is -3.16. The molecule has 29 nitrogen and oxygen atoms in total. The summed E-state index contributed by atoms with van der Waals surface area (Å²) >= 11 is 0. The van der Waals surface area contributed by atoms with Crippen LogP contribution >= 0.6 is 0 Å². The molecule has 0 radical (unpaired) electrons. The van der Waals surface area contributed by atoms with Crippen LogP contribution in [0.1, 0.15) is 13.8 Å². The van der Waals surface area contributed by atoms with Crippen LogP contribution in [0, 0.1) is 0 Å². The Kier molecular flexibility index (Phi) is 19.8. The van der Waals surface area contributed by atoms with Gasteiger partial charge in [-0.15, -0.1) is 0 Å². The van der Waals surface area contributed by atoms with Gasteiger partial charge in [-0.1, -0.05) is 0 Å². The van der Waals surface area contributed by atoms with Gasteiger partial charge in [-0.3, -0.25) is 9.59 Å². The predicted octanol–water partition coefficient (Wildman–Crippen LogP) is -9.54. The van der Waals surface area contributed by atoms with Crippen molar-refractivity contribution in [1.82, 2.24) is 10.6 Å². The van der Waals surface area contributed by atoms with Gasteiger partial charge in [0.2, 0.25) is 18.1 Å². The minimum absolute atomic E-state index is 0.215. The molecular weight excluding hydrogens is 952 g/mol. The number of aliphatic hydroxyl groups excluding tert-OH is 14. The molecule has 29 heteroatoms. The molecule has 1 aromatic carbocycles. The van der Waals surface area contributed by atoms with Gasteiger partial charge in [0.15, 0.2) is 25.2 Å². The topological polar surface area (TPSA) is 443 Å². The Bertz CT molecular complexity index is 1800. The summed E-state index contributed by atoms with van der Waals surface area (Å²) in [5.74, 6) is -0.724. The van der Waals surface area contributed by atoms with Gasteiger partial charge in [-0.2, -0.15) is 0 Å². The molecule has 1 aromatic rings. The van der Waals surface area contributed by atoms with Crippen molar-refractivity contribution in [1.29, 1.82) is 0 Å². The van der Waals surface area contributed by atoms with Crippen LogP contribution in [0.3, 0.4) is 0 Å². The van der Waals surface area contributed by atoms with Crippen LogP contribution in [0.25, 0.3) is 0 Å². The lowest BCUT2D eigenvalue weighted by Gasteiger charge is -2.50. The first-order valence-corrected chi connectivity index (χ1v) is 22.2. The molecule has 400 valence electrons. The molecule has 0 aliphatic carbocycles. The standard InChI is InChI=1S/C41H64N2O27/c1-13(48)42-22-27(53)34(19(10-46)65-37(22)62-16-6-4-15(60-3)5-7-16)68-38-23(43-14(2)49)28(54)35(20(11-47)66-38)69-41-33(59)36(70-40-32(58)30(56)25(51)18(9-45)64-40)26(52)21(67-41)12-61-39-31(57)29(55)24(50)17(8-44)63-39/h4-7,17-41,44-47,50-59H,8-12H2,1-3H3,(H,42,48)(H,43,49)/t17-,18-,19-,20-,21-,22-,23-,24-,25-,26-,27-,28-,29+,30+,31+,32+,33+,34-,35-,36+,37-,38+,39+,40-,41+/m1/s1. The van der Waals surface area contributed by atoms with Gasteiger partial charge in [0.25, 0.3) is 0 Å². The maximum Gasteiger partial charge on any atom is 0.223 e. The highest BCUT2D eigenvalue weighted by atomic mass is 16.8. The van der Waals surface area contributed by atoms with Gasteiger partial charge in [-0.25, -0.2) is 0 Å². The number of hydrogen-bond acceptors (Lipinski definition) is 27. The van der Waals surface area contributed by atoms with Crippen molar-refractivity contribution in [2.45, 2.75) is 167 Å². The van der Waals surface area contributed by atoms with E-state index in [0.29, 0.717) is 5.75 Å². The maximum atomic E-state index is 12.7. The van der Waals surface area contributed by atoms with Gasteiger partial charge in [0.1, 0.15) is 133 Å². The Morgan fingerprint density at radius 1 is 0.457 bits per heavy atom. The molecule has 5 saturated heterocycles. The summed E-state index contributed by atoms with van der Waals surface area (Å²) in [6.45, 7) is -2.20. The Labute approximate surface area is 398 Å². The number of ether oxygens (including phenoxy) is 11. The first-order chi connectivity index (χ1) is 33.3. The zero-order valence-electron chi connectivity index (χ0n) is 37.8. The lowest BCUT2D eigenvalue weighted by molar-refractivity contribution is -0.383. The van der Waals surface area contributed by atoms with Crippen molar-refractivity contribution in [3.63, 3.8) is 0 Å². The number of hydrogen-bond donors (Lipinski definition) is 16. The zero-order valence-corrected chi connectivity index (χ0v) is 37.8. The molecule has 0 unspecified atom stereocenters. The lowest BCUT2D eigenvalue weighted by Crippen LogP contribution is -2.70.